The quantitative estimate of drug-likeness (QED) is 0.500. The summed E-state index contributed by atoms with van der Waals surface area (Å²) in [5, 5.41) is 0. The van der Waals surface area contributed by atoms with Gasteiger partial charge in [0, 0.05) is 10.5 Å². The largest absolute Gasteiger partial charge is 0.484 e. The van der Waals surface area contributed by atoms with Crippen molar-refractivity contribution in [2.24, 2.45) is 0 Å². The van der Waals surface area contributed by atoms with Crippen molar-refractivity contribution in [1.29, 1.82) is 0 Å². The standard InChI is InChI=1S/C16H11BrF7NO4S/c17-11-5-9(18)1-3-12(11)25-30(26,27)14-6-10(28-7-15(19,20)21)2-4-13(14)29-8-16(22,23)24/h1-6,25H,7-8H2. The van der Waals surface area contributed by atoms with Gasteiger partial charge in [0.15, 0.2) is 13.2 Å². The smallest absolute Gasteiger partial charge is 0.422 e. The Hall–Kier alpha value is -2.22. The van der Waals surface area contributed by atoms with Crippen LogP contribution in [0.5, 0.6) is 11.5 Å². The van der Waals surface area contributed by atoms with Gasteiger partial charge in [-0.15, -0.1) is 0 Å². The second kappa shape index (κ2) is 8.88. The van der Waals surface area contributed by atoms with E-state index in [1.165, 1.54) is 0 Å². The van der Waals surface area contributed by atoms with Crippen molar-refractivity contribution in [1.82, 2.24) is 0 Å². The molecule has 0 aromatic heterocycles. The van der Waals surface area contributed by atoms with Crippen molar-refractivity contribution >= 4 is 31.6 Å². The maximum atomic E-state index is 13.2. The molecule has 2 aromatic carbocycles. The summed E-state index contributed by atoms with van der Waals surface area (Å²) < 4.78 is 124. The molecule has 0 heterocycles. The lowest BCUT2D eigenvalue weighted by Crippen LogP contribution is -2.22. The van der Waals surface area contributed by atoms with E-state index in [0.717, 1.165) is 30.3 Å². The number of hydrogen-bond acceptors (Lipinski definition) is 4. The normalized spacial score (nSPS) is 12.5. The molecule has 0 amide bonds. The summed E-state index contributed by atoms with van der Waals surface area (Å²) in [6, 6.07) is 4.98. The molecule has 14 heteroatoms. The van der Waals surface area contributed by atoms with Crippen LogP contribution < -0.4 is 14.2 Å². The minimum atomic E-state index is -4.81. The van der Waals surface area contributed by atoms with Crippen LogP contribution in [0.25, 0.3) is 0 Å². The average molecular weight is 526 g/mol. The van der Waals surface area contributed by atoms with Crippen molar-refractivity contribution in [2.75, 3.05) is 17.9 Å². The molecule has 2 rings (SSSR count). The van der Waals surface area contributed by atoms with Gasteiger partial charge in [0.05, 0.1) is 5.69 Å². The monoisotopic (exact) mass is 525 g/mol. The molecule has 0 atom stereocenters. The number of alkyl halides is 6. The lowest BCUT2D eigenvalue weighted by atomic mass is 10.3. The first-order chi connectivity index (χ1) is 13.7. The summed E-state index contributed by atoms with van der Waals surface area (Å²) in [7, 11) is -4.68. The van der Waals surface area contributed by atoms with Crippen LogP contribution >= 0.6 is 15.9 Å². The number of hydrogen-bond donors (Lipinski definition) is 1. The van der Waals surface area contributed by atoms with Gasteiger partial charge in [0.25, 0.3) is 10.0 Å². The van der Waals surface area contributed by atoms with Crippen LogP contribution in [-0.4, -0.2) is 34.0 Å². The second-order valence-corrected chi connectivity index (χ2v) is 8.15. The molecule has 0 bridgehead atoms. The number of ether oxygens (including phenoxy) is 2. The number of anilines is 1. The molecule has 0 aliphatic carbocycles. The van der Waals surface area contributed by atoms with E-state index in [9.17, 15) is 39.2 Å². The summed E-state index contributed by atoms with van der Waals surface area (Å²) in [5.41, 5.74) is -0.181. The molecule has 1 N–H and O–H groups in total. The Kier molecular flexibility index (Phi) is 7.12. The van der Waals surface area contributed by atoms with Crippen molar-refractivity contribution in [3.63, 3.8) is 0 Å². The van der Waals surface area contributed by atoms with Crippen LogP contribution in [0.2, 0.25) is 0 Å². The van der Waals surface area contributed by atoms with Gasteiger partial charge in [0.1, 0.15) is 22.2 Å². The number of sulfonamides is 1. The zero-order valence-electron chi connectivity index (χ0n) is 14.4. The van der Waals surface area contributed by atoms with Crippen molar-refractivity contribution in [3.05, 3.63) is 46.7 Å². The fourth-order valence-electron chi connectivity index (χ4n) is 2.00. The molecule has 0 fully saturated rings. The average Bonchev–Trinajstić information content (AvgIpc) is 2.59. The van der Waals surface area contributed by atoms with Gasteiger partial charge in [-0.3, -0.25) is 4.72 Å². The summed E-state index contributed by atoms with van der Waals surface area (Å²) in [6.07, 6.45) is -9.54. The third-order valence-electron chi connectivity index (χ3n) is 3.17. The highest BCUT2D eigenvalue weighted by molar-refractivity contribution is 9.10. The van der Waals surface area contributed by atoms with E-state index in [4.69, 9.17) is 0 Å². The first kappa shape index (κ1) is 24.1. The Bertz CT molecular complexity index is 1010. The third-order valence-corrected chi connectivity index (χ3v) is 5.22. The molecular weight excluding hydrogens is 515 g/mol. The van der Waals surface area contributed by atoms with Gasteiger partial charge < -0.3 is 9.47 Å². The fourth-order valence-corrected chi connectivity index (χ4v) is 3.83. The molecule has 166 valence electrons. The number of rotatable bonds is 7. The first-order valence-corrected chi connectivity index (χ1v) is 9.95. The number of nitrogens with one attached hydrogen (secondary N) is 1. The zero-order valence-corrected chi connectivity index (χ0v) is 16.8. The topological polar surface area (TPSA) is 64.6 Å². The summed E-state index contributed by atoms with van der Waals surface area (Å²) in [6.45, 7) is -3.61. The van der Waals surface area contributed by atoms with Gasteiger partial charge in [-0.05, 0) is 46.3 Å². The fraction of sp³-hybridized carbons (Fsp3) is 0.250. The lowest BCUT2D eigenvalue weighted by Gasteiger charge is -2.17. The molecular formula is C16H11BrF7NO4S. The van der Waals surface area contributed by atoms with E-state index in [0.29, 0.717) is 6.07 Å². The number of benzene rings is 2. The van der Waals surface area contributed by atoms with Crippen molar-refractivity contribution < 1.29 is 48.6 Å². The Morgan fingerprint density at radius 3 is 2.07 bits per heavy atom. The highest BCUT2D eigenvalue weighted by Gasteiger charge is 2.31. The van der Waals surface area contributed by atoms with Crippen LogP contribution in [0.4, 0.5) is 36.4 Å². The summed E-state index contributed by atoms with van der Waals surface area (Å²) in [4.78, 5) is -0.914. The molecule has 5 nitrogen and oxygen atoms in total. The van der Waals surface area contributed by atoms with Gasteiger partial charge in [-0.1, -0.05) is 0 Å². The minimum absolute atomic E-state index is 0.0340. The van der Waals surface area contributed by atoms with Crippen LogP contribution in [0, 0.1) is 5.82 Å². The molecule has 2 aromatic rings. The van der Waals surface area contributed by atoms with Gasteiger partial charge >= 0.3 is 12.4 Å². The van der Waals surface area contributed by atoms with Crippen LogP contribution in [0.15, 0.2) is 45.8 Å². The highest BCUT2D eigenvalue weighted by Crippen LogP contribution is 2.33. The molecule has 0 saturated carbocycles. The van der Waals surface area contributed by atoms with E-state index in [2.05, 4.69) is 25.4 Å². The first-order valence-electron chi connectivity index (χ1n) is 7.67. The molecule has 30 heavy (non-hydrogen) atoms. The predicted octanol–water partition coefficient (Wildman–Crippen LogP) is 5.27. The maximum Gasteiger partial charge on any atom is 0.422 e. The van der Waals surface area contributed by atoms with Crippen LogP contribution in [-0.2, 0) is 10.0 Å². The van der Waals surface area contributed by atoms with E-state index in [1.807, 2.05) is 4.72 Å². The highest BCUT2D eigenvalue weighted by atomic mass is 79.9. The second-order valence-electron chi connectivity index (χ2n) is 5.65. The van der Waals surface area contributed by atoms with Gasteiger partial charge in [-0.2, -0.15) is 26.3 Å². The van der Waals surface area contributed by atoms with Gasteiger partial charge in [0.2, 0.25) is 0 Å². The summed E-state index contributed by atoms with van der Waals surface area (Å²) in [5.74, 6) is -2.07. The SMILES string of the molecule is O=S(=O)(Nc1ccc(F)cc1Br)c1cc(OCC(F)(F)F)ccc1OCC(F)(F)F. The molecule has 0 spiro atoms. The van der Waals surface area contributed by atoms with Crippen LogP contribution in [0.3, 0.4) is 0 Å². The van der Waals surface area contributed by atoms with Crippen molar-refractivity contribution in [2.45, 2.75) is 17.2 Å². The van der Waals surface area contributed by atoms with Gasteiger partial charge in [-0.25, -0.2) is 12.8 Å². The summed E-state index contributed by atoms with van der Waals surface area (Å²) >= 11 is 2.91. The molecule has 0 unspecified atom stereocenters. The van der Waals surface area contributed by atoms with Crippen LogP contribution in [0.1, 0.15) is 0 Å². The Balaban J connectivity index is 2.42. The molecule has 0 saturated heterocycles. The molecule has 0 radical (unpaired) electrons. The lowest BCUT2D eigenvalue weighted by molar-refractivity contribution is -0.154. The third kappa shape index (κ3) is 7.23. The van der Waals surface area contributed by atoms with E-state index in [1.54, 1.807) is 0 Å². The van der Waals surface area contributed by atoms with E-state index >= 15 is 0 Å². The number of halogens is 8. The van der Waals surface area contributed by atoms with Crippen molar-refractivity contribution in [3.8, 4) is 11.5 Å². The predicted molar refractivity (Wildman–Crippen MR) is 94.5 cm³/mol. The van der Waals surface area contributed by atoms with E-state index < -0.39 is 57.8 Å². The Morgan fingerprint density at radius 1 is 0.900 bits per heavy atom. The van der Waals surface area contributed by atoms with E-state index in [-0.39, 0.29) is 10.2 Å². The maximum absolute atomic E-state index is 13.2. The Morgan fingerprint density at radius 2 is 1.50 bits per heavy atom. The molecule has 0 aliphatic heterocycles. The Labute approximate surface area is 174 Å². The molecule has 0 aliphatic rings. The minimum Gasteiger partial charge on any atom is -0.484 e. The zero-order chi connectivity index (χ0) is 22.7.